The average Bonchev–Trinajstić information content (AvgIpc) is 2.71. The van der Waals surface area contributed by atoms with E-state index in [0.717, 1.165) is 16.6 Å². The molecule has 1 saturated carbocycles. The van der Waals surface area contributed by atoms with Crippen molar-refractivity contribution in [2.24, 2.45) is 5.92 Å². The highest BCUT2D eigenvalue weighted by Gasteiger charge is 2.34. The molecule has 1 nitrogen and oxygen atoms in total. The highest BCUT2D eigenvalue weighted by Crippen LogP contribution is 2.42. The number of hydrogen-bond donors (Lipinski definition) is 1. The maximum Gasteiger partial charge on any atom is 0.0441 e. The third kappa shape index (κ3) is 3.01. The zero-order chi connectivity index (χ0) is 13.1. The van der Waals surface area contributed by atoms with E-state index in [4.69, 9.17) is 23.2 Å². The Morgan fingerprint density at radius 2 is 2.06 bits per heavy atom. The lowest BCUT2D eigenvalue weighted by Crippen LogP contribution is -2.32. The maximum atomic E-state index is 6.31. The van der Waals surface area contributed by atoms with Crippen LogP contribution in [-0.2, 0) is 0 Å². The van der Waals surface area contributed by atoms with Crippen LogP contribution in [0.2, 0.25) is 10.0 Å². The first-order valence-corrected chi connectivity index (χ1v) is 7.57. The van der Waals surface area contributed by atoms with Crippen molar-refractivity contribution in [1.29, 1.82) is 0 Å². The molecule has 100 valence electrons. The van der Waals surface area contributed by atoms with Crippen LogP contribution in [-0.4, -0.2) is 12.6 Å². The predicted molar refractivity (Wildman–Crippen MR) is 79.7 cm³/mol. The van der Waals surface area contributed by atoms with Gasteiger partial charge in [0.2, 0.25) is 0 Å². The Labute approximate surface area is 120 Å². The van der Waals surface area contributed by atoms with Gasteiger partial charge in [-0.15, -0.1) is 0 Å². The van der Waals surface area contributed by atoms with Crippen molar-refractivity contribution in [3.05, 3.63) is 33.8 Å². The first-order chi connectivity index (χ1) is 8.63. The number of nitrogens with one attached hydrogen (secondary N) is 1. The molecule has 0 heterocycles. The zero-order valence-corrected chi connectivity index (χ0v) is 12.6. The number of rotatable bonds is 4. The second kappa shape index (κ2) is 6.27. The molecule has 3 unspecified atom stereocenters. The molecule has 1 aromatic carbocycles. The van der Waals surface area contributed by atoms with Crippen LogP contribution in [0.3, 0.4) is 0 Å². The predicted octanol–water partition coefficient (Wildman–Crippen LogP) is 4.88. The van der Waals surface area contributed by atoms with Crippen LogP contribution < -0.4 is 5.32 Å². The van der Waals surface area contributed by atoms with Crippen LogP contribution in [0.25, 0.3) is 0 Å². The van der Waals surface area contributed by atoms with Crippen molar-refractivity contribution in [3.8, 4) is 0 Å². The van der Waals surface area contributed by atoms with Gasteiger partial charge in [0, 0.05) is 16.1 Å². The van der Waals surface area contributed by atoms with Crippen molar-refractivity contribution >= 4 is 23.2 Å². The van der Waals surface area contributed by atoms with E-state index in [1.165, 1.54) is 24.8 Å². The molecule has 0 aliphatic heterocycles. The summed E-state index contributed by atoms with van der Waals surface area (Å²) >= 11 is 12.4. The van der Waals surface area contributed by atoms with Crippen LogP contribution in [0, 0.1) is 5.92 Å². The maximum absolute atomic E-state index is 6.31. The second-order valence-electron chi connectivity index (χ2n) is 5.27. The standard InChI is InChI=1S/C15H21Cl2N/c1-3-8-18-15-7-5-12(10(15)2)13-9-11(16)4-6-14(13)17/h4,6,9-10,12,15,18H,3,5,7-8H2,1-2H3. The van der Waals surface area contributed by atoms with Gasteiger partial charge in [-0.3, -0.25) is 0 Å². The van der Waals surface area contributed by atoms with Gasteiger partial charge in [0.1, 0.15) is 0 Å². The monoisotopic (exact) mass is 285 g/mol. The van der Waals surface area contributed by atoms with Gasteiger partial charge >= 0.3 is 0 Å². The molecule has 1 N–H and O–H groups in total. The molecule has 3 atom stereocenters. The van der Waals surface area contributed by atoms with Gasteiger partial charge < -0.3 is 5.32 Å². The molecule has 1 aliphatic rings. The Hall–Kier alpha value is -0.240. The van der Waals surface area contributed by atoms with Gasteiger partial charge in [0.05, 0.1) is 0 Å². The van der Waals surface area contributed by atoms with Crippen molar-refractivity contribution < 1.29 is 0 Å². The van der Waals surface area contributed by atoms with E-state index in [2.05, 4.69) is 19.2 Å². The average molecular weight is 286 g/mol. The minimum absolute atomic E-state index is 0.533. The van der Waals surface area contributed by atoms with Crippen molar-refractivity contribution in [2.75, 3.05) is 6.54 Å². The number of benzene rings is 1. The molecule has 0 radical (unpaired) electrons. The quantitative estimate of drug-likeness (QED) is 0.832. The molecule has 0 saturated heterocycles. The zero-order valence-electron chi connectivity index (χ0n) is 11.0. The Kier molecular flexibility index (Phi) is 4.94. The molecule has 1 fully saturated rings. The minimum atomic E-state index is 0.533. The van der Waals surface area contributed by atoms with Crippen LogP contribution >= 0.6 is 23.2 Å². The molecule has 1 aliphatic carbocycles. The van der Waals surface area contributed by atoms with E-state index in [-0.39, 0.29) is 0 Å². The summed E-state index contributed by atoms with van der Waals surface area (Å²) in [4.78, 5) is 0. The number of halogens is 2. The summed E-state index contributed by atoms with van der Waals surface area (Å²) in [6, 6.07) is 6.43. The lowest BCUT2D eigenvalue weighted by atomic mass is 9.89. The number of hydrogen-bond acceptors (Lipinski definition) is 1. The fourth-order valence-electron chi connectivity index (χ4n) is 3.02. The lowest BCUT2D eigenvalue weighted by molar-refractivity contribution is 0.405. The Morgan fingerprint density at radius 3 is 2.78 bits per heavy atom. The third-order valence-corrected chi connectivity index (χ3v) is 4.65. The second-order valence-corrected chi connectivity index (χ2v) is 6.11. The minimum Gasteiger partial charge on any atom is -0.314 e. The van der Waals surface area contributed by atoms with Gasteiger partial charge in [0.25, 0.3) is 0 Å². The summed E-state index contributed by atoms with van der Waals surface area (Å²) in [6.07, 6.45) is 3.61. The summed E-state index contributed by atoms with van der Waals surface area (Å²) < 4.78 is 0. The van der Waals surface area contributed by atoms with Gasteiger partial charge in [-0.25, -0.2) is 0 Å². The Morgan fingerprint density at radius 1 is 1.28 bits per heavy atom. The summed E-state index contributed by atoms with van der Waals surface area (Å²) in [5, 5.41) is 5.28. The summed E-state index contributed by atoms with van der Waals surface area (Å²) in [6.45, 7) is 5.63. The van der Waals surface area contributed by atoms with Crippen LogP contribution in [0.1, 0.15) is 44.6 Å². The molecule has 0 amide bonds. The summed E-state index contributed by atoms with van der Waals surface area (Å²) in [5.41, 5.74) is 1.22. The Balaban J connectivity index is 2.12. The van der Waals surface area contributed by atoms with Gasteiger partial charge in [-0.1, -0.05) is 37.0 Å². The summed E-state index contributed by atoms with van der Waals surface area (Å²) in [7, 11) is 0. The van der Waals surface area contributed by atoms with E-state index < -0.39 is 0 Å². The van der Waals surface area contributed by atoms with Crippen LogP contribution in [0.15, 0.2) is 18.2 Å². The molecule has 0 bridgehead atoms. The molecular weight excluding hydrogens is 265 g/mol. The third-order valence-electron chi connectivity index (χ3n) is 4.07. The first kappa shape index (κ1) is 14.2. The molecule has 3 heteroatoms. The smallest absolute Gasteiger partial charge is 0.0441 e. The van der Waals surface area contributed by atoms with Gasteiger partial charge in [-0.2, -0.15) is 0 Å². The van der Waals surface area contributed by atoms with Gasteiger partial charge in [-0.05, 0) is 61.4 Å². The fourth-order valence-corrected chi connectivity index (χ4v) is 3.46. The van der Waals surface area contributed by atoms with Crippen molar-refractivity contribution in [1.82, 2.24) is 5.32 Å². The molecule has 18 heavy (non-hydrogen) atoms. The first-order valence-electron chi connectivity index (χ1n) is 6.81. The molecule has 2 rings (SSSR count). The van der Waals surface area contributed by atoms with Crippen molar-refractivity contribution in [3.63, 3.8) is 0 Å². The topological polar surface area (TPSA) is 12.0 Å². The van der Waals surface area contributed by atoms with E-state index in [1.807, 2.05) is 18.2 Å². The fraction of sp³-hybridized carbons (Fsp3) is 0.600. The van der Waals surface area contributed by atoms with E-state index in [0.29, 0.717) is 17.9 Å². The Bertz CT molecular complexity index is 405. The van der Waals surface area contributed by atoms with E-state index in [1.54, 1.807) is 0 Å². The summed E-state index contributed by atoms with van der Waals surface area (Å²) in [5.74, 6) is 1.15. The highest BCUT2D eigenvalue weighted by atomic mass is 35.5. The van der Waals surface area contributed by atoms with Crippen molar-refractivity contribution in [2.45, 2.75) is 45.1 Å². The molecule has 1 aromatic rings. The molecule has 0 aromatic heterocycles. The lowest BCUT2D eigenvalue weighted by Gasteiger charge is -2.23. The van der Waals surface area contributed by atoms with Crippen LogP contribution in [0.4, 0.5) is 0 Å². The largest absolute Gasteiger partial charge is 0.314 e. The van der Waals surface area contributed by atoms with E-state index >= 15 is 0 Å². The molecular formula is C15H21Cl2N. The SMILES string of the molecule is CCCNC1CCC(c2cc(Cl)ccc2Cl)C1C. The van der Waals surface area contributed by atoms with E-state index in [9.17, 15) is 0 Å². The van der Waals surface area contributed by atoms with Gasteiger partial charge in [0.15, 0.2) is 0 Å². The normalized spacial score (nSPS) is 27.7. The molecule has 0 spiro atoms. The van der Waals surface area contributed by atoms with Crippen LogP contribution in [0.5, 0.6) is 0 Å². The highest BCUT2D eigenvalue weighted by molar-refractivity contribution is 6.33.